The highest BCUT2D eigenvalue weighted by molar-refractivity contribution is 6.35. The molecule has 2 unspecified atom stereocenters. The average molecular weight is 333 g/mol. The number of halogens is 3. The summed E-state index contributed by atoms with van der Waals surface area (Å²) in [6.45, 7) is 8.41. The Morgan fingerprint density at radius 2 is 1.95 bits per heavy atom. The first-order chi connectivity index (χ1) is 9.93. The molecule has 2 atom stereocenters. The van der Waals surface area contributed by atoms with Crippen LogP contribution >= 0.6 is 23.2 Å². The van der Waals surface area contributed by atoms with Gasteiger partial charge in [0.2, 0.25) is 0 Å². The fourth-order valence-corrected chi connectivity index (χ4v) is 3.45. The number of benzene rings is 1. The van der Waals surface area contributed by atoms with Crippen LogP contribution in [0, 0.1) is 11.7 Å². The van der Waals surface area contributed by atoms with Crippen LogP contribution in [0.25, 0.3) is 0 Å². The lowest BCUT2D eigenvalue weighted by Crippen LogP contribution is -2.58. The van der Waals surface area contributed by atoms with E-state index < -0.39 is 5.82 Å². The van der Waals surface area contributed by atoms with Crippen LogP contribution in [-0.2, 0) is 0 Å². The summed E-state index contributed by atoms with van der Waals surface area (Å²) in [4.78, 5) is 2.32. The van der Waals surface area contributed by atoms with Gasteiger partial charge in [-0.25, -0.2) is 4.39 Å². The highest BCUT2D eigenvalue weighted by atomic mass is 35.5. The van der Waals surface area contributed by atoms with Crippen LogP contribution in [-0.4, -0.2) is 25.2 Å². The summed E-state index contributed by atoms with van der Waals surface area (Å²) in [5.74, 6) is -0.0499. The maximum Gasteiger partial charge on any atom is 0.160 e. The Hall–Kier alpha value is -0.510. The predicted molar refractivity (Wildman–Crippen MR) is 89.1 cm³/mol. The van der Waals surface area contributed by atoms with Crippen LogP contribution in [0.5, 0.6) is 0 Å². The van der Waals surface area contributed by atoms with Crippen LogP contribution in [0.15, 0.2) is 12.1 Å². The zero-order valence-electron chi connectivity index (χ0n) is 12.8. The minimum atomic E-state index is -0.538. The lowest BCUT2D eigenvalue weighted by atomic mass is 9.96. The van der Waals surface area contributed by atoms with Gasteiger partial charge >= 0.3 is 0 Å². The number of rotatable bonds is 4. The fraction of sp³-hybridized carbons (Fsp3) is 0.625. The van der Waals surface area contributed by atoms with Crippen molar-refractivity contribution in [2.75, 3.05) is 18.0 Å². The summed E-state index contributed by atoms with van der Waals surface area (Å²) in [5, 5.41) is 3.79. The molecule has 1 aromatic rings. The van der Waals surface area contributed by atoms with Gasteiger partial charge in [-0.15, -0.1) is 0 Å². The normalized spacial score (nSPS) is 22.9. The molecule has 0 amide bonds. The molecule has 0 saturated carbocycles. The maximum absolute atomic E-state index is 13.6. The first-order valence-electron chi connectivity index (χ1n) is 7.58. The van der Waals surface area contributed by atoms with Gasteiger partial charge in [-0.2, -0.15) is 0 Å². The Labute approximate surface area is 136 Å². The molecule has 1 aliphatic rings. The number of piperazine rings is 1. The highest BCUT2D eigenvalue weighted by Crippen LogP contribution is 2.32. The topological polar surface area (TPSA) is 15.3 Å². The van der Waals surface area contributed by atoms with Crippen LogP contribution in [0.1, 0.15) is 33.6 Å². The van der Waals surface area contributed by atoms with Crippen molar-refractivity contribution in [3.63, 3.8) is 0 Å². The monoisotopic (exact) mass is 332 g/mol. The number of nitrogens with one attached hydrogen (secondary N) is 1. The maximum atomic E-state index is 13.6. The Balaban J connectivity index is 2.31. The molecule has 5 heteroatoms. The van der Waals surface area contributed by atoms with Crippen molar-refractivity contribution < 1.29 is 4.39 Å². The molecule has 0 aromatic heterocycles. The molecule has 0 bridgehead atoms. The van der Waals surface area contributed by atoms with Crippen LogP contribution < -0.4 is 10.2 Å². The standard InChI is InChI=1S/C16H23Cl2FN2/c1-4-5-11-9-21(15(8-20-11)10(2)3)12-6-13(17)16(19)14(18)7-12/h6-7,10-11,15,20H,4-5,8-9H2,1-3H3. The van der Waals surface area contributed by atoms with Crippen molar-refractivity contribution >= 4 is 28.9 Å². The van der Waals surface area contributed by atoms with Gasteiger partial charge in [0.1, 0.15) is 0 Å². The molecular weight excluding hydrogens is 310 g/mol. The van der Waals surface area contributed by atoms with Crippen molar-refractivity contribution in [1.29, 1.82) is 0 Å². The van der Waals surface area contributed by atoms with Crippen molar-refractivity contribution in [2.45, 2.75) is 45.7 Å². The smallest absolute Gasteiger partial charge is 0.160 e. The third-order valence-electron chi connectivity index (χ3n) is 4.14. The zero-order valence-corrected chi connectivity index (χ0v) is 14.3. The summed E-state index contributed by atoms with van der Waals surface area (Å²) in [5.41, 5.74) is 0.910. The second-order valence-electron chi connectivity index (χ2n) is 6.08. The number of hydrogen-bond acceptors (Lipinski definition) is 2. The second kappa shape index (κ2) is 7.17. The molecule has 0 spiro atoms. The average Bonchev–Trinajstić information content (AvgIpc) is 2.44. The first-order valence-corrected chi connectivity index (χ1v) is 8.34. The van der Waals surface area contributed by atoms with E-state index in [2.05, 4.69) is 31.0 Å². The summed E-state index contributed by atoms with van der Waals surface area (Å²) in [6, 6.07) is 4.18. The van der Waals surface area contributed by atoms with E-state index in [0.29, 0.717) is 18.0 Å². The lowest BCUT2D eigenvalue weighted by molar-refractivity contribution is 0.327. The molecule has 0 radical (unpaired) electrons. The summed E-state index contributed by atoms with van der Waals surface area (Å²) in [6.07, 6.45) is 2.27. The molecule has 1 fully saturated rings. The molecule has 1 heterocycles. The Morgan fingerprint density at radius 1 is 1.33 bits per heavy atom. The van der Waals surface area contributed by atoms with Gasteiger partial charge in [-0.3, -0.25) is 0 Å². The molecule has 1 N–H and O–H groups in total. The Kier molecular flexibility index (Phi) is 5.75. The Morgan fingerprint density at radius 3 is 2.48 bits per heavy atom. The molecule has 1 saturated heterocycles. The molecule has 2 rings (SSSR count). The SMILES string of the molecule is CCCC1CN(c2cc(Cl)c(F)c(Cl)c2)C(C(C)C)CN1. The van der Waals surface area contributed by atoms with E-state index >= 15 is 0 Å². The van der Waals surface area contributed by atoms with Gasteiger partial charge < -0.3 is 10.2 Å². The van der Waals surface area contributed by atoms with Crippen molar-refractivity contribution in [1.82, 2.24) is 5.32 Å². The highest BCUT2D eigenvalue weighted by Gasteiger charge is 2.30. The van der Waals surface area contributed by atoms with E-state index in [4.69, 9.17) is 23.2 Å². The summed E-state index contributed by atoms with van der Waals surface area (Å²) >= 11 is 11.9. The van der Waals surface area contributed by atoms with E-state index in [0.717, 1.165) is 31.6 Å². The molecule has 21 heavy (non-hydrogen) atoms. The Bertz CT molecular complexity index is 470. The van der Waals surface area contributed by atoms with Gasteiger partial charge in [0.15, 0.2) is 5.82 Å². The first kappa shape index (κ1) is 16.9. The van der Waals surface area contributed by atoms with Gasteiger partial charge in [-0.1, -0.05) is 50.4 Å². The van der Waals surface area contributed by atoms with E-state index in [-0.39, 0.29) is 10.0 Å². The second-order valence-corrected chi connectivity index (χ2v) is 6.90. The van der Waals surface area contributed by atoms with Crippen LogP contribution in [0.3, 0.4) is 0 Å². The van der Waals surface area contributed by atoms with E-state index in [1.807, 2.05) is 0 Å². The van der Waals surface area contributed by atoms with E-state index in [1.54, 1.807) is 12.1 Å². The number of anilines is 1. The summed E-state index contributed by atoms with van der Waals surface area (Å²) in [7, 11) is 0. The van der Waals surface area contributed by atoms with E-state index in [1.165, 1.54) is 0 Å². The number of nitrogens with zero attached hydrogens (tertiary/aromatic N) is 1. The third kappa shape index (κ3) is 3.82. The zero-order chi connectivity index (χ0) is 15.6. The van der Waals surface area contributed by atoms with Gasteiger partial charge in [0, 0.05) is 30.9 Å². The van der Waals surface area contributed by atoms with Gasteiger partial charge in [0.25, 0.3) is 0 Å². The largest absolute Gasteiger partial charge is 0.365 e. The van der Waals surface area contributed by atoms with Crippen LogP contribution in [0.4, 0.5) is 10.1 Å². The lowest BCUT2D eigenvalue weighted by Gasteiger charge is -2.44. The fourth-order valence-electron chi connectivity index (χ4n) is 2.98. The third-order valence-corrected chi connectivity index (χ3v) is 4.69. The van der Waals surface area contributed by atoms with E-state index in [9.17, 15) is 4.39 Å². The molecule has 2 nitrogen and oxygen atoms in total. The molecular formula is C16H23Cl2FN2. The van der Waals surface area contributed by atoms with Crippen molar-refractivity contribution in [3.05, 3.63) is 28.0 Å². The minimum Gasteiger partial charge on any atom is -0.365 e. The molecule has 1 aromatic carbocycles. The van der Waals surface area contributed by atoms with Crippen LogP contribution in [0.2, 0.25) is 10.0 Å². The minimum absolute atomic E-state index is 0.0885. The summed E-state index contributed by atoms with van der Waals surface area (Å²) < 4.78 is 13.6. The van der Waals surface area contributed by atoms with Crippen molar-refractivity contribution in [2.24, 2.45) is 5.92 Å². The van der Waals surface area contributed by atoms with Gasteiger partial charge in [0.05, 0.1) is 10.0 Å². The van der Waals surface area contributed by atoms with Crippen molar-refractivity contribution in [3.8, 4) is 0 Å². The molecule has 0 aliphatic carbocycles. The molecule has 1 aliphatic heterocycles. The van der Waals surface area contributed by atoms with Gasteiger partial charge in [-0.05, 0) is 24.5 Å². The quantitative estimate of drug-likeness (QED) is 0.801. The number of hydrogen-bond donors (Lipinski definition) is 1. The predicted octanol–water partition coefficient (Wildman–Crippen LogP) is 4.74. The molecule has 118 valence electrons.